The van der Waals surface area contributed by atoms with Gasteiger partial charge in [0, 0.05) is 12.0 Å². The van der Waals surface area contributed by atoms with Gasteiger partial charge in [0.1, 0.15) is 12.3 Å². The topological polar surface area (TPSA) is 92.5 Å². The first-order valence-electron chi connectivity index (χ1n) is 10.4. The Morgan fingerprint density at radius 1 is 1.09 bits per heavy atom. The molecule has 0 saturated carbocycles. The van der Waals surface area contributed by atoms with Crippen LogP contribution < -0.4 is 5.32 Å². The highest BCUT2D eigenvalue weighted by atomic mass is 79.9. The Morgan fingerprint density at radius 2 is 1.72 bits per heavy atom. The summed E-state index contributed by atoms with van der Waals surface area (Å²) < 4.78 is 4.14. The number of benzene rings is 2. The molecule has 4 aliphatic rings. The molecule has 2 heterocycles. The van der Waals surface area contributed by atoms with Crippen LogP contribution in [0.4, 0.5) is 5.82 Å². The van der Waals surface area contributed by atoms with E-state index in [0.29, 0.717) is 5.76 Å². The lowest BCUT2D eigenvalue weighted by Gasteiger charge is -2.51. The number of hydrogen-bond donors (Lipinski definition) is 1. The zero-order chi connectivity index (χ0) is 22.2. The van der Waals surface area contributed by atoms with Crippen LogP contribution in [0.1, 0.15) is 33.9 Å². The zero-order valence-corrected chi connectivity index (χ0v) is 18.6. The maximum atomic E-state index is 13.6. The predicted octanol–water partition coefficient (Wildman–Crippen LogP) is 3.32. The third-order valence-corrected chi connectivity index (χ3v) is 8.15. The van der Waals surface area contributed by atoms with Gasteiger partial charge >= 0.3 is 0 Å². The lowest BCUT2D eigenvalue weighted by atomic mass is 9.55. The number of carbonyl (C=O) groups excluding carboxylic acids is 3. The summed E-state index contributed by atoms with van der Waals surface area (Å²) in [5.74, 6) is -1.75. The van der Waals surface area contributed by atoms with Crippen LogP contribution in [-0.4, -0.2) is 34.3 Å². The maximum Gasteiger partial charge on any atom is 0.245 e. The normalized spacial score (nSPS) is 27.2. The van der Waals surface area contributed by atoms with E-state index in [0.717, 1.165) is 27.2 Å². The Labute approximate surface area is 191 Å². The summed E-state index contributed by atoms with van der Waals surface area (Å²) in [6.45, 7) is 1.35. The first-order chi connectivity index (χ1) is 15.4. The summed E-state index contributed by atoms with van der Waals surface area (Å²) in [6, 6.07) is 17.5. The number of rotatable bonds is 3. The number of nitrogens with zero attached hydrogens (tertiary/aromatic N) is 2. The Hall–Kier alpha value is -3.26. The van der Waals surface area contributed by atoms with E-state index in [9.17, 15) is 14.4 Å². The number of aryl methyl sites for hydroxylation is 1. The summed E-state index contributed by atoms with van der Waals surface area (Å²) in [6.07, 6.45) is 0. The number of hydrogen-bond acceptors (Lipinski definition) is 5. The second-order valence-corrected chi connectivity index (χ2v) is 9.75. The van der Waals surface area contributed by atoms with Gasteiger partial charge in [0.15, 0.2) is 5.82 Å². The minimum absolute atomic E-state index is 0.227. The molecule has 1 aliphatic heterocycles. The molecule has 1 fully saturated rings. The van der Waals surface area contributed by atoms with E-state index in [1.165, 1.54) is 0 Å². The molecule has 1 aromatic heterocycles. The van der Waals surface area contributed by atoms with Crippen LogP contribution >= 0.6 is 15.9 Å². The summed E-state index contributed by atoms with van der Waals surface area (Å²) in [7, 11) is 0. The molecule has 3 aliphatic carbocycles. The third-order valence-electron chi connectivity index (χ3n) is 6.80. The number of aromatic nitrogens is 1. The Kier molecular flexibility index (Phi) is 4.02. The average Bonchev–Trinajstić information content (AvgIpc) is 3.31. The predicted molar refractivity (Wildman–Crippen MR) is 118 cm³/mol. The number of imide groups is 1. The van der Waals surface area contributed by atoms with Crippen molar-refractivity contribution in [3.05, 3.63) is 82.6 Å². The molecule has 160 valence electrons. The minimum Gasteiger partial charge on any atom is -0.360 e. The van der Waals surface area contributed by atoms with Gasteiger partial charge in [-0.15, -0.1) is 0 Å². The van der Waals surface area contributed by atoms with Crippen LogP contribution in [0.3, 0.4) is 0 Å². The molecular formula is C24H18BrN3O4. The van der Waals surface area contributed by atoms with E-state index in [4.69, 9.17) is 4.52 Å². The number of anilines is 1. The molecule has 3 amide bonds. The van der Waals surface area contributed by atoms with Crippen LogP contribution in [-0.2, 0) is 18.7 Å². The van der Waals surface area contributed by atoms with Gasteiger partial charge in [0.25, 0.3) is 0 Å². The number of amides is 3. The summed E-state index contributed by atoms with van der Waals surface area (Å²) >= 11 is 3.93. The Balaban J connectivity index is 1.41. The summed E-state index contributed by atoms with van der Waals surface area (Å²) in [5.41, 5.74) is 4.12. The SMILES string of the molecule is Cc1cc(NC(=O)CN2C(=O)[C@@H]3C4c5ccccc5C(Br)(c5ccccc54)[C@H]3C2=O)no1. The van der Waals surface area contributed by atoms with Gasteiger partial charge in [-0.1, -0.05) is 69.6 Å². The van der Waals surface area contributed by atoms with Crippen LogP contribution in [0.2, 0.25) is 0 Å². The summed E-state index contributed by atoms with van der Waals surface area (Å²) in [5, 5.41) is 6.33. The monoisotopic (exact) mass is 491 g/mol. The van der Waals surface area contributed by atoms with E-state index >= 15 is 0 Å². The van der Waals surface area contributed by atoms with Crippen LogP contribution in [0.5, 0.6) is 0 Å². The zero-order valence-electron chi connectivity index (χ0n) is 17.0. The number of halogens is 1. The number of alkyl halides is 1. The smallest absolute Gasteiger partial charge is 0.245 e. The highest BCUT2D eigenvalue weighted by molar-refractivity contribution is 9.09. The van der Waals surface area contributed by atoms with Crippen LogP contribution in [0, 0.1) is 18.8 Å². The molecule has 32 heavy (non-hydrogen) atoms. The van der Waals surface area contributed by atoms with Crippen molar-refractivity contribution < 1.29 is 18.9 Å². The largest absolute Gasteiger partial charge is 0.360 e. The molecule has 3 aromatic rings. The molecule has 0 spiro atoms. The van der Waals surface area contributed by atoms with Crippen molar-refractivity contribution >= 4 is 39.5 Å². The van der Waals surface area contributed by atoms with Gasteiger partial charge in [-0.3, -0.25) is 19.3 Å². The van der Waals surface area contributed by atoms with Crippen molar-refractivity contribution in [2.45, 2.75) is 17.2 Å². The molecule has 0 radical (unpaired) electrons. The lowest BCUT2D eigenvalue weighted by molar-refractivity contribution is -0.142. The van der Waals surface area contributed by atoms with E-state index in [-0.39, 0.29) is 30.1 Å². The van der Waals surface area contributed by atoms with Gasteiger partial charge in [0.05, 0.1) is 16.2 Å². The fraction of sp³-hybridized carbons (Fsp3) is 0.250. The van der Waals surface area contributed by atoms with Crippen molar-refractivity contribution in [1.82, 2.24) is 10.1 Å². The Bertz CT molecular complexity index is 1270. The molecule has 1 saturated heterocycles. The molecule has 8 heteroatoms. The quantitative estimate of drug-likeness (QED) is 0.448. The van der Waals surface area contributed by atoms with Crippen LogP contribution in [0.15, 0.2) is 59.1 Å². The van der Waals surface area contributed by atoms with E-state index < -0.39 is 22.1 Å². The second-order valence-electron chi connectivity index (χ2n) is 8.50. The van der Waals surface area contributed by atoms with Crippen molar-refractivity contribution in [2.24, 2.45) is 11.8 Å². The number of likely N-dealkylation sites (tertiary alicyclic amines) is 1. The minimum atomic E-state index is -0.819. The summed E-state index contributed by atoms with van der Waals surface area (Å²) in [4.78, 5) is 40.9. The van der Waals surface area contributed by atoms with Gasteiger partial charge in [0.2, 0.25) is 17.7 Å². The molecule has 2 aromatic carbocycles. The fourth-order valence-electron chi connectivity index (χ4n) is 5.65. The molecule has 7 rings (SSSR count). The van der Waals surface area contributed by atoms with Gasteiger partial charge < -0.3 is 9.84 Å². The molecular weight excluding hydrogens is 474 g/mol. The van der Waals surface area contributed by atoms with Crippen molar-refractivity contribution in [3.8, 4) is 0 Å². The number of nitrogens with one attached hydrogen (secondary N) is 1. The van der Waals surface area contributed by atoms with Crippen LogP contribution in [0.25, 0.3) is 0 Å². The molecule has 2 bridgehead atoms. The van der Waals surface area contributed by atoms with Crippen molar-refractivity contribution in [2.75, 3.05) is 11.9 Å². The first-order valence-corrected chi connectivity index (χ1v) is 11.2. The van der Waals surface area contributed by atoms with Gasteiger partial charge in [-0.25, -0.2) is 0 Å². The highest BCUT2D eigenvalue weighted by Gasteiger charge is 2.67. The highest BCUT2D eigenvalue weighted by Crippen LogP contribution is 2.66. The third kappa shape index (κ3) is 2.41. The molecule has 7 nitrogen and oxygen atoms in total. The van der Waals surface area contributed by atoms with E-state index in [2.05, 4.69) is 26.4 Å². The van der Waals surface area contributed by atoms with Gasteiger partial charge in [-0.05, 0) is 29.2 Å². The second kappa shape index (κ2) is 6.62. The van der Waals surface area contributed by atoms with Crippen molar-refractivity contribution in [1.29, 1.82) is 0 Å². The maximum absolute atomic E-state index is 13.6. The lowest BCUT2D eigenvalue weighted by Crippen LogP contribution is -2.50. The van der Waals surface area contributed by atoms with E-state index in [1.807, 2.05) is 48.5 Å². The average molecular weight is 492 g/mol. The standard InChI is InChI=1S/C24H18BrN3O4/c1-12-10-17(27-32-12)26-18(29)11-28-22(30)20-19-13-6-2-4-8-15(13)24(25,21(20)23(28)31)16-9-5-3-7-14(16)19/h2-10,19-21H,11H2,1H3,(H,26,27,29)/t19?,20-,21-,24?/m1/s1. The van der Waals surface area contributed by atoms with Crippen molar-refractivity contribution in [3.63, 3.8) is 0 Å². The van der Waals surface area contributed by atoms with Gasteiger partial charge in [-0.2, -0.15) is 0 Å². The van der Waals surface area contributed by atoms with E-state index in [1.54, 1.807) is 13.0 Å². The molecule has 2 atom stereocenters. The molecule has 0 unspecified atom stereocenters. The first kappa shape index (κ1) is 19.4. The fourth-order valence-corrected chi connectivity index (χ4v) is 6.85. The Morgan fingerprint density at radius 3 is 2.31 bits per heavy atom. The number of carbonyl (C=O) groups is 3. The molecule has 1 N–H and O–H groups in total.